The predicted molar refractivity (Wildman–Crippen MR) is 85.9 cm³/mol. The van der Waals surface area contributed by atoms with Gasteiger partial charge in [-0.15, -0.1) is 0 Å². The van der Waals surface area contributed by atoms with Gasteiger partial charge < -0.3 is 4.90 Å². The second-order valence-electron chi connectivity index (χ2n) is 5.39. The molecule has 0 aliphatic rings. The van der Waals surface area contributed by atoms with Gasteiger partial charge in [0.05, 0.1) is 12.4 Å². The summed E-state index contributed by atoms with van der Waals surface area (Å²) in [6.45, 7) is 0.561. The maximum atomic E-state index is 11.6. The molecule has 1 amide bonds. The Morgan fingerprint density at radius 3 is 2.65 bits per heavy atom. The highest BCUT2D eigenvalue weighted by Gasteiger charge is 2.08. The highest BCUT2D eigenvalue weighted by Crippen LogP contribution is 2.19. The average Bonchev–Trinajstić information content (AvgIpc) is 3.22. The van der Waals surface area contributed by atoms with Crippen LogP contribution < -0.4 is 0 Å². The van der Waals surface area contributed by atoms with E-state index in [1.807, 2.05) is 30.6 Å². The monoisotopic (exact) mass is 310 g/mol. The molecular weight excluding hydrogens is 292 g/mol. The first-order valence-corrected chi connectivity index (χ1v) is 7.32. The van der Waals surface area contributed by atoms with Crippen LogP contribution in [-0.2, 0) is 11.3 Å². The van der Waals surface area contributed by atoms with Crippen molar-refractivity contribution in [3.8, 4) is 16.9 Å². The maximum Gasteiger partial charge on any atom is 0.223 e. The fraction of sp³-hybridized carbons (Fsp3) is 0.250. The molecule has 0 N–H and O–H groups in total. The number of carbonyl (C=O) groups is 1. The summed E-state index contributed by atoms with van der Waals surface area (Å²) in [6.07, 6.45) is 9.55. The van der Waals surface area contributed by atoms with E-state index in [4.69, 9.17) is 0 Å². The van der Waals surface area contributed by atoms with Crippen LogP contribution in [-0.4, -0.2) is 49.4 Å². The smallest absolute Gasteiger partial charge is 0.223 e. The molecule has 0 atom stereocenters. The summed E-state index contributed by atoms with van der Waals surface area (Å²) in [5, 5.41) is 8.62. The number of aromatic nitrogens is 5. The van der Waals surface area contributed by atoms with Gasteiger partial charge in [-0.05, 0) is 12.1 Å². The molecule has 3 heterocycles. The molecule has 7 nitrogen and oxygen atoms in total. The van der Waals surface area contributed by atoms with Crippen molar-refractivity contribution in [2.24, 2.45) is 0 Å². The Bertz CT molecular complexity index is 790. The Balaban J connectivity index is 1.71. The summed E-state index contributed by atoms with van der Waals surface area (Å²) >= 11 is 0. The molecule has 0 aromatic carbocycles. The van der Waals surface area contributed by atoms with Gasteiger partial charge in [-0.1, -0.05) is 6.07 Å². The second kappa shape index (κ2) is 6.43. The quantitative estimate of drug-likeness (QED) is 0.718. The molecule has 3 aromatic heterocycles. The number of hydrogen-bond donors (Lipinski definition) is 0. The molecule has 0 aliphatic carbocycles. The van der Waals surface area contributed by atoms with E-state index in [0.717, 1.165) is 16.9 Å². The van der Waals surface area contributed by atoms with Gasteiger partial charge in [0.25, 0.3) is 0 Å². The standard InChI is InChI=1S/C16H18N6O/c1-20(2)16(23)6-8-21-11-13(9-18-21)14-10-19-22(12-14)15-5-3-4-7-17-15/h3-5,7,9-12H,6,8H2,1-2H3. The van der Waals surface area contributed by atoms with Gasteiger partial charge in [0, 0.05) is 56.8 Å². The second-order valence-corrected chi connectivity index (χ2v) is 5.39. The lowest BCUT2D eigenvalue weighted by molar-refractivity contribution is -0.128. The fourth-order valence-corrected chi connectivity index (χ4v) is 2.16. The molecule has 0 spiro atoms. The fourth-order valence-electron chi connectivity index (χ4n) is 2.16. The van der Waals surface area contributed by atoms with E-state index >= 15 is 0 Å². The number of hydrogen-bond acceptors (Lipinski definition) is 4. The van der Waals surface area contributed by atoms with Crippen molar-refractivity contribution >= 4 is 5.91 Å². The molecule has 0 saturated carbocycles. The van der Waals surface area contributed by atoms with Crippen LogP contribution in [0.2, 0.25) is 0 Å². The highest BCUT2D eigenvalue weighted by molar-refractivity contribution is 5.75. The molecular formula is C16H18N6O. The minimum absolute atomic E-state index is 0.0880. The van der Waals surface area contributed by atoms with E-state index in [2.05, 4.69) is 15.2 Å². The lowest BCUT2D eigenvalue weighted by Crippen LogP contribution is -2.22. The first kappa shape index (κ1) is 15.0. The first-order chi connectivity index (χ1) is 11.1. The lowest BCUT2D eigenvalue weighted by Gasteiger charge is -2.09. The van der Waals surface area contributed by atoms with Crippen molar-refractivity contribution in [3.05, 3.63) is 49.2 Å². The summed E-state index contributed by atoms with van der Waals surface area (Å²) < 4.78 is 3.50. The first-order valence-electron chi connectivity index (χ1n) is 7.32. The van der Waals surface area contributed by atoms with Crippen molar-refractivity contribution in [2.45, 2.75) is 13.0 Å². The Labute approximate surface area is 134 Å². The van der Waals surface area contributed by atoms with Crippen LogP contribution in [0.25, 0.3) is 16.9 Å². The molecule has 7 heteroatoms. The third-order valence-electron chi connectivity index (χ3n) is 3.49. The number of amides is 1. The van der Waals surface area contributed by atoms with Crippen LogP contribution in [0.3, 0.4) is 0 Å². The molecule has 0 saturated heterocycles. The molecule has 118 valence electrons. The van der Waals surface area contributed by atoms with E-state index in [1.54, 1.807) is 46.9 Å². The van der Waals surface area contributed by atoms with Crippen molar-refractivity contribution in [1.82, 2.24) is 29.4 Å². The van der Waals surface area contributed by atoms with Crippen LogP contribution >= 0.6 is 0 Å². The van der Waals surface area contributed by atoms with E-state index < -0.39 is 0 Å². The number of rotatable bonds is 5. The van der Waals surface area contributed by atoms with Gasteiger partial charge in [0.15, 0.2) is 5.82 Å². The largest absolute Gasteiger partial charge is 0.349 e. The van der Waals surface area contributed by atoms with Crippen molar-refractivity contribution in [1.29, 1.82) is 0 Å². The molecule has 3 aromatic rings. The molecule has 0 aliphatic heterocycles. The highest BCUT2D eigenvalue weighted by atomic mass is 16.2. The van der Waals surface area contributed by atoms with Gasteiger partial charge >= 0.3 is 0 Å². The van der Waals surface area contributed by atoms with Gasteiger partial charge in [-0.2, -0.15) is 10.2 Å². The Kier molecular flexibility index (Phi) is 4.18. The number of carbonyl (C=O) groups excluding carboxylic acids is 1. The van der Waals surface area contributed by atoms with Crippen LogP contribution in [0.4, 0.5) is 0 Å². The summed E-state index contributed by atoms with van der Waals surface area (Å²) in [7, 11) is 3.51. The van der Waals surface area contributed by atoms with Crippen LogP contribution in [0.15, 0.2) is 49.2 Å². The van der Waals surface area contributed by atoms with Gasteiger partial charge in [-0.25, -0.2) is 9.67 Å². The predicted octanol–water partition coefficient (Wildman–Crippen LogP) is 1.61. The Morgan fingerprint density at radius 2 is 1.91 bits per heavy atom. The number of pyridine rings is 1. The van der Waals surface area contributed by atoms with Crippen molar-refractivity contribution in [3.63, 3.8) is 0 Å². The maximum absolute atomic E-state index is 11.6. The third kappa shape index (κ3) is 3.45. The number of nitrogens with zero attached hydrogens (tertiary/aromatic N) is 6. The zero-order valence-electron chi connectivity index (χ0n) is 13.1. The average molecular weight is 310 g/mol. The van der Waals surface area contributed by atoms with Crippen LogP contribution in [0.1, 0.15) is 6.42 Å². The van der Waals surface area contributed by atoms with Gasteiger partial charge in [0.1, 0.15) is 0 Å². The topological polar surface area (TPSA) is 68.8 Å². The van der Waals surface area contributed by atoms with E-state index in [-0.39, 0.29) is 5.91 Å². The summed E-state index contributed by atoms with van der Waals surface area (Å²) in [6, 6.07) is 5.68. The SMILES string of the molecule is CN(C)C(=O)CCn1cc(-c2cnn(-c3ccccn3)c2)cn1. The molecule has 3 rings (SSSR count). The normalized spacial score (nSPS) is 10.7. The molecule has 0 bridgehead atoms. The molecule has 0 fully saturated rings. The number of aryl methyl sites for hydroxylation is 1. The van der Waals surface area contributed by atoms with Crippen molar-refractivity contribution in [2.75, 3.05) is 14.1 Å². The third-order valence-corrected chi connectivity index (χ3v) is 3.49. The summed E-state index contributed by atoms with van der Waals surface area (Å²) in [5.74, 6) is 0.854. The Hall–Kier alpha value is -2.96. The summed E-state index contributed by atoms with van der Waals surface area (Å²) in [5.41, 5.74) is 1.92. The summed E-state index contributed by atoms with van der Waals surface area (Å²) in [4.78, 5) is 17.5. The van der Waals surface area contributed by atoms with Gasteiger partial charge in [-0.3, -0.25) is 9.48 Å². The van der Waals surface area contributed by atoms with Crippen LogP contribution in [0.5, 0.6) is 0 Å². The lowest BCUT2D eigenvalue weighted by atomic mass is 10.2. The van der Waals surface area contributed by atoms with Gasteiger partial charge in [0.2, 0.25) is 5.91 Å². The molecule has 0 radical (unpaired) electrons. The van der Waals surface area contributed by atoms with E-state index in [1.165, 1.54) is 0 Å². The molecule has 0 unspecified atom stereocenters. The zero-order valence-corrected chi connectivity index (χ0v) is 13.1. The molecule has 23 heavy (non-hydrogen) atoms. The van der Waals surface area contributed by atoms with E-state index in [9.17, 15) is 4.79 Å². The van der Waals surface area contributed by atoms with Crippen LogP contribution in [0, 0.1) is 0 Å². The zero-order chi connectivity index (χ0) is 16.2. The van der Waals surface area contributed by atoms with E-state index in [0.29, 0.717) is 13.0 Å². The van der Waals surface area contributed by atoms with Crippen molar-refractivity contribution < 1.29 is 4.79 Å². The minimum atomic E-state index is 0.0880. The minimum Gasteiger partial charge on any atom is -0.349 e. The Morgan fingerprint density at radius 1 is 1.13 bits per heavy atom.